The summed E-state index contributed by atoms with van der Waals surface area (Å²) in [6.45, 7) is 5.59. The Kier molecular flexibility index (Phi) is 4.72. The molecule has 1 aromatic heterocycles. The van der Waals surface area contributed by atoms with Gasteiger partial charge in [-0.3, -0.25) is 0 Å². The van der Waals surface area contributed by atoms with E-state index in [2.05, 4.69) is 11.3 Å². The highest BCUT2D eigenvalue weighted by Gasteiger charge is 2.15. The van der Waals surface area contributed by atoms with Crippen molar-refractivity contribution in [2.24, 2.45) is 0 Å². The van der Waals surface area contributed by atoms with E-state index >= 15 is 0 Å². The van der Waals surface area contributed by atoms with Crippen LogP contribution in [0.4, 0.5) is 5.00 Å². The molecule has 0 radical (unpaired) electrons. The van der Waals surface area contributed by atoms with E-state index in [1.807, 2.05) is 25.2 Å². The highest BCUT2D eigenvalue weighted by atomic mass is 32.1. The van der Waals surface area contributed by atoms with Crippen LogP contribution < -0.4 is 5.73 Å². The molecule has 4 heteroatoms. The molecule has 1 heterocycles. The Morgan fingerprint density at radius 2 is 2.29 bits per heavy atom. The number of carbonyl (C=O) groups excluding carboxylic acids is 1. The summed E-state index contributed by atoms with van der Waals surface area (Å²) in [5, 5.41) is 0.464. The summed E-state index contributed by atoms with van der Waals surface area (Å²) in [4.78, 5) is 12.4. The molecule has 0 saturated heterocycles. The van der Waals surface area contributed by atoms with Gasteiger partial charge in [0.25, 0.3) is 0 Å². The van der Waals surface area contributed by atoms with Gasteiger partial charge in [-0.1, -0.05) is 30.9 Å². The maximum absolute atomic E-state index is 11.4. The van der Waals surface area contributed by atoms with Crippen LogP contribution in [-0.2, 0) is 4.74 Å². The Bertz CT molecular complexity index is 484. The van der Waals surface area contributed by atoms with Crippen molar-refractivity contribution in [3.63, 3.8) is 0 Å². The molecule has 17 heavy (non-hydrogen) atoms. The summed E-state index contributed by atoms with van der Waals surface area (Å²) in [7, 11) is 1.34. The van der Waals surface area contributed by atoms with E-state index in [4.69, 9.17) is 5.73 Å². The van der Waals surface area contributed by atoms with E-state index in [9.17, 15) is 4.79 Å². The van der Waals surface area contributed by atoms with Crippen molar-refractivity contribution in [2.75, 3.05) is 12.8 Å². The van der Waals surface area contributed by atoms with Gasteiger partial charge in [0.15, 0.2) is 0 Å². The highest BCUT2D eigenvalue weighted by Crippen LogP contribution is 2.31. The number of carbonyl (C=O) groups is 1. The van der Waals surface area contributed by atoms with Gasteiger partial charge in [0, 0.05) is 4.88 Å². The van der Waals surface area contributed by atoms with Gasteiger partial charge in [-0.05, 0) is 18.6 Å². The summed E-state index contributed by atoms with van der Waals surface area (Å²) < 4.78 is 4.66. The predicted molar refractivity (Wildman–Crippen MR) is 73.1 cm³/mol. The summed E-state index contributed by atoms with van der Waals surface area (Å²) in [6.07, 6.45) is 7.42. The number of nitrogens with two attached hydrogens (primary N) is 1. The van der Waals surface area contributed by atoms with E-state index in [1.165, 1.54) is 18.4 Å². The van der Waals surface area contributed by atoms with Crippen molar-refractivity contribution in [3.05, 3.63) is 47.4 Å². The van der Waals surface area contributed by atoms with Gasteiger partial charge in [-0.2, -0.15) is 0 Å². The lowest BCUT2D eigenvalue weighted by atomic mass is 10.1. The van der Waals surface area contributed by atoms with Crippen LogP contribution in [0.25, 0.3) is 5.57 Å². The first-order chi connectivity index (χ1) is 8.13. The van der Waals surface area contributed by atoms with Crippen molar-refractivity contribution < 1.29 is 9.53 Å². The molecular formula is C13H15NO2S. The van der Waals surface area contributed by atoms with E-state index in [1.54, 1.807) is 12.1 Å². The molecule has 3 nitrogen and oxygen atoms in total. The SMILES string of the molecule is C=C/C=C(\C=C/C)c1cc(C(=O)OC)c(N)s1. The third kappa shape index (κ3) is 3.07. The lowest BCUT2D eigenvalue weighted by molar-refractivity contribution is 0.0602. The van der Waals surface area contributed by atoms with Crippen LogP contribution in [0.15, 0.2) is 36.9 Å². The molecule has 90 valence electrons. The number of rotatable bonds is 4. The molecule has 2 N–H and O–H groups in total. The fourth-order valence-electron chi connectivity index (χ4n) is 1.34. The molecule has 0 aliphatic rings. The van der Waals surface area contributed by atoms with Crippen LogP contribution in [0, 0.1) is 0 Å². The van der Waals surface area contributed by atoms with Crippen molar-refractivity contribution in [2.45, 2.75) is 6.92 Å². The normalized spacial score (nSPS) is 11.8. The molecule has 0 bridgehead atoms. The van der Waals surface area contributed by atoms with Gasteiger partial charge < -0.3 is 10.5 Å². The zero-order valence-corrected chi connectivity index (χ0v) is 10.7. The first kappa shape index (κ1) is 13.3. The molecule has 1 rings (SSSR count). The second kappa shape index (κ2) is 6.06. The number of ether oxygens (including phenoxy) is 1. The maximum atomic E-state index is 11.4. The predicted octanol–water partition coefficient (Wildman–Crippen LogP) is 3.26. The molecule has 0 unspecified atom stereocenters. The minimum absolute atomic E-state index is 0.409. The van der Waals surface area contributed by atoms with Crippen molar-refractivity contribution >= 4 is 27.9 Å². The summed E-state index contributed by atoms with van der Waals surface area (Å²) in [5.41, 5.74) is 7.16. The monoisotopic (exact) mass is 249 g/mol. The van der Waals surface area contributed by atoms with Gasteiger partial charge in [-0.25, -0.2) is 4.79 Å². The highest BCUT2D eigenvalue weighted by molar-refractivity contribution is 7.17. The summed E-state index contributed by atoms with van der Waals surface area (Å²) in [5.74, 6) is -0.413. The molecule has 0 aromatic carbocycles. The van der Waals surface area contributed by atoms with E-state index in [0.29, 0.717) is 10.6 Å². The van der Waals surface area contributed by atoms with Crippen LogP contribution in [-0.4, -0.2) is 13.1 Å². The van der Waals surface area contributed by atoms with Crippen LogP contribution in [0.2, 0.25) is 0 Å². The molecule has 0 aliphatic heterocycles. The average molecular weight is 249 g/mol. The number of anilines is 1. The Morgan fingerprint density at radius 1 is 1.59 bits per heavy atom. The quantitative estimate of drug-likeness (QED) is 0.658. The fraction of sp³-hybridized carbons (Fsp3) is 0.154. The molecule has 1 aromatic rings. The average Bonchev–Trinajstić information content (AvgIpc) is 2.70. The van der Waals surface area contributed by atoms with Gasteiger partial charge in [0.2, 0.25) is 0 Å². The van der Waals surface area contributed by atoms with Crippen molar-refractivity contribution in [1.82, 2.24) is 0 Å². The molecule has 0 amide bonds. The lowest BCUT2D eigenvalue weighted by Gasteiger charge is -1.96. The minimum atomic E-state index is -0.413. The smallest absolute Gasteiger partial charge is 0.340 e. The largest absolute Gasteiger partial charge is 0.465 e. The Balaban J connectivity index is 3.19. The second-order valence-electron chi connectivity index (χ2n) is 3.24. The number of esters is 1. The third-order valence-corrected chi connectivity index (χ3v) is 3.11. The van der Waals surface area contributed by atoms with Gasteiger partial charge >= 0.3 is 5.97 Å². The summed E-state index contributed by atoms with van der Waals surface area (Å²) >= 11 is 1.36. The topological polar surface area (TPSA) is 52.3 Å². The molecule has 0 aliphatic carbocycles. The minimum Gasteiger partial charge on any atom is -0.465 e. The lowest BCUT2D eigenvalue weighted by Crippen LogP contribution is -2.01. The van der Waals surface area contributed by atoms with Crippen LogP contribution >= 0.6 is 11.3 Å². The van der Waals surface area contributed by atoms with Crippen molar-refractivity contribution in [1.29, 1.82) is 0 Å². The van der Waals surface area contributed by atoms with Crippen LogP contribution in [0.5, 0.6) is 0 Å². The van der Waals surface area contributed by atoms with E-state index < -0.39 is 5.97 Å². The number of hydrogen-bond donors (Lipinski definition) is 1. The Morgan fingerprint density at radius 3 is 2.82 bits per heavy atom. The number of thiophene rings is 1. The molecule has 0 fully saturated rings. The van der Waals surface area contributed by atoms with Gasteiger partial charge in [-0.15, -0.1) is 11.3 Å². The number of nitrogen functional groups attached to an aromatic ring is 1. The first-order valence-electron chi connectivity index (χ1n) is 5.07. The zero-order chi connectivity index (χ0) is 12.8. The summed E-state index contributed by atoms with van der Waals surface area (Å²) in [6, 6.07) is 1.74. The molecular weight excluding hydrogens is 234 g/mol. The van der Waals surface area contributed by atoms with E-state index in [0.717, 1.165) is 10.5 Å². The molecule has 0 spiro atoms. The van der Waals surface area contributed by atoms with Crippen LogP contribution in [0.1, 0.15) is 22.2 Å². The maximum Gasteiger partial charge on any atom is 0.340 e. The zero-order valence-electron chi connectivity index (χ0n) is 9.90. The standard InChI is InChI=1S/C13H15NO2S/c1-4-6-9(7-5-2)11-8-10(12(14)17-11)13(15)16-3/h4-8H,1,14H2,2-3H3/b7-5-,9-6+. The van der Waals surface area contributed by atoms with Gasteiger partial charge in [0.05, 0.1) is 12.7 Å². The second-order valence-corrected chi connectivity index (χ2v) is 4.32. The Hall–Kier alpha value is -1.81. The first-order valence-corrected chi connectivity index (χ1v) is 5.89. The fourth-order valence-corrected chi connectivity index (χ4v) is 2.26. The van der Waals surface area contributed by atoms with Gasteiger partial charge in [0.1, 0.15) is 5.00 Å². The van der Waals surface area contributed by atoms with E-state index in [-0.39, 0.29) is 0 Å². The Labute approximate surface area is 105 Å². The molecule has 0 saturated carbocycles. The van der Waals surface area contributed by atoms with Crippen molar-refractivity contribution in [3.8, 4) is 0 Å². The third-order valence-electron chi connectivity index (χ3n) is 2.09. The number of allylic oxidation sites excluding steroid dienone is 5. The number of hydrogen-bond acceptors (Lipinski definition) is 4. The number of methoxy groups -OCH3 is 1. The molecule has 0 atom stereocenters. The van der Waals surface area contributed by atoms with Crippen LogP contribution in [0.3, 0.4) is 0 Å².